The highest BCUT2D eigenvalue weighted by atomic mass is 35.5. The Morgan fingerprint density at radius 3 is 2.24 bits per heavy atom. The normalized spacial score (nSPS) is 12.3. The van der Waals surface area contributed by atoms with Crippen LogP contribution >= 0.6 is 11.6 Å². The summed E-state index contributed by atoms with van der Waals surface area (Å²) in [7, 11) is 0. The van der Waals surface area contributed by atoms with Crippen LogP contribution in [-0.4, -0.2) is 22.6 Å². The second-order valence-electron chi connectivity index (χ2n) is 6.47. The fourth-order valence-corrected chi connectivity index (χ4v) is 2.76. The molecule has 0 heterocycles. The summed E-state index contributed by atoms with van der Waals surface area (Å²) in [5, 5.41) is 14.9. The van der Waals surface area contributed by atoms with Gasteiger partial charge in [-0.25, -0.2) is 4.79 Å². The number of carboxylic acid groups (broad SMARTS) is 1. The van der Waals surface area contributed by atoms with Gasteiger partial charge in [0.1, 0.15) is 6.04 Å². The zero-order valence-electron chi connectivity index (χ0n) is 14.1. The molecule has 2 aromatic rings. The van der Waals surface area contributed by atoms with Gasteiger partial charge in [0, 0.05) is 10.6 Å². The molecule has 2 rings (SSSR count). The fraction of sp³-hybridized carbons (Fsp3) is 0.263. The van der Waals surface area contributed by atoms with Gasteiger partial charge in [-0.1, -0.05) is 54.1 Å². The second-order valence-corrected chi connectivity index (χ2v) is 6.91. The predicted molar refractivity (Wildman–Crippen MR) is 97.7 cm³/mol. The van der Waals surface area contributed by atoms with Crippen LogP contribution < -0.4 is 10.6 Å². The van der Waals surface area contributed by atoms with Crippen LogP contribution in [0.4, 0.5) is 4.79 Å². The molecule has 0 unspecified atom stereocenters. The summed E-state index contributed by atoms with van der Waals surface area (Å²) in [6, 6.07) is 15.2. The first-order valence-electron chi connectivity index (χ1n) is 7.88. The minimum Gasteiger partial charge on any atom is -0.465 e. The second kappa shape index (κ2) is 8.03. The number of amides is 2. The van der Waals surface area contributed by atoms with E-state index < -0.39 is 23.6 Å². The number of carbonyl (C=O) groups is 2. The minimum absolute atomic E-state index is 0.396. The molecule has 132 valence electrons. The molecule has 2 amide bonds. The molecule has 0 fully saturated rings. The van der Waals surface area contributed by atoms with Crippen LogP contribution in [0, 0.1) is 0 Å². The summed E-state index contributed by atoms with van der Waals surface area (Å²) in [5.74, 6) is -0.396. The summed E-state index contributed by atoms with van der Waals surface area (Å²) >= 11 is 5.89. The lowest BCUT2D eigenvalue weighted by atomic mass is 9.94. The quantitative estimate of drug-likeness (QED) is 0.733. The van der Waals surface area contributed by atoms with Crippen molar-refractivity contribution in [2.75, 3.05) is 0 Å². The van der Waals surface area contributed by atoms with E-state index in [1.165, 1.54) is 0 Å². The third kappa shape index (κ3) is 5.80. The Bertz CT molecular complexity index is 730. The van der Waals surface area contributed by atoms with Crippen molar-refractivity contribution in [3.8, 4) is 0 Å². The maximum atomic E-state index is 12.7. The molecule has 1 atom stereocenters. The summed E-state index contributed by atoms with van der Waals surface area (Å²) < 4.78 is 0. The van der Waals surface area contributed by atoms with Gasteiger partial charge in [-0.15, -0.1) is 0 Å². The SMILES string of the molecule is CC(C)(Cc1ccc(Cl)cc1)NC(=O)[C@@H](NC(=O)O)c1ccccc1. The lowest BCUT2D eigenvalue weighted by Gasteiger charge is -2.29. The van der Waals surface area contributed by atoms with Gasteiger partial charge in [-0.2, -0.15) is 0 Å². The number of benzene rings is 2. The Balaban J connectivity index is 2.12. The third-order valence-corrected chi connectivity index (χ3v) is 3.94. The van der Waals surface area contributed by atoms with Crippen LogP contribution in [0.25, 0.3) is 0 Å². The smallest absolute Gasteiger partial charge is 0.405 e. The van der Waals surface area contributed by atoms with Gasteiger partial charge in [-0.05, 0) is 43.5 Å². The van der Waals surface area contributed by atoms with E-state index in [9.17, 15) is 9.59 Å². The highest BCUT2D eigenvalue weighted by Crippen LogP contribution is 2.18. The van der Waals surface area contributed by atoms with Crippen molar-refractivity contribution in [2.24, 2.45) is 0 Å². The molecule has 5 nitrogen and oxygen atoms in total. The van der Waals surface area contributed by atoms with E-state index in [1.807, 2.05) is 32.0 Å². The molecule has 0 bridgehead atoms. The lowest BCUT2D eigenvalue weighted by Crippen LogP contribution is -2.50. The van der Waals surface area contributed by atoms with E-state index in [4.69, 9.17) is 16.7 Å². The van der Waals surface area contributed by atoms with Crippen LogP contribution in [0.2, 0.25) is 5.02 Å². The first-order chi connectivity index (χ1) is 11.8. The largest absolute Gasteiger partial charge is 0.465 e. The highest BCUT2D eigenvalue weighted by Gasteiger charge is 2.28. The summed E-state index contributed by atoms with van der Waals surface area (Å²) in [4.78, 5) is 23.8. The van der Waals surface area contributed by atoms with E-state index >= 15 is 0 Å². The van der Waals surface area contributed by atoms with Gasteiger partial charge in [0.15, 0.2) is 0 Å². The molecular formula is C19H21ClN2O3. The Kier molecular flexibility index (Phi) is 6.04. The summed E-state index contributed by atoms with van der Waals surface area (Å²) in [5.41, 5.74) is 1.06. The summed E-state index contributed by atoms with van der Waals surface area (Å²) in [6.07, 6.45) is -0.663. The van der Waals surface area contributed by atoms with E-state index in [1.54, 1.807) is 36.4 Å². The number of nitrogens with one attached hydrogen (secondary N) is 2. The molecule has 0 saturated carbocycles. The molecule has 0 aromatic heterocycles. The van der Waals surface area contributed by atoms with Crippen molar-refractivity contribution in [1.82, 2.24) is 10.6 Å². The molecule has 6 heteroatoms. The summed E-state index contributed by atoms with van der Waals surface area (Å²) in [6.45, 7) is 3.78. The van der Waals surface area contributed by atoms with Crippen molar-refractivity contribution in [3.63, 3.8) is 0 Å². The van der Waals surface area contributed by atoms with E-state index in [0.717, 1.165) is 5.56 Å². The molecule has 0 saturated heterocycles. The third-order valence-electron chi connectivity index (χ3n) is 3.68. The van der Waals surface area contributed by atoms with E-state index in [2.05, 4.69) is 10.6 Å². The fourth-order valence-electron chi connectivity index (χ4n) is 2.63. The molecule has 0 radical (unpaired) electrons. The van der Waals surface area contributed by atoms with Crippen LogP contribution in [0.1, 0.15) is 31.0 Å². The van der Waals surface area contributed by atoms with Gasteiger partial charge < -0.3 is 15.7 Å². The zero-order chi connectivity index (χ0) is 18.4. The average molecular weight is 361 g/mol. The van der Waals surface area contributed by atoms with Gasteiger partial charge in [0.05, 0.1) is 0 Å². The Morgan fingerprint density at radius 2 is 1.68 bits per heavy atom. The average Bonchev–Trinajstić information content (AvgIpc) is 2.54. The molecule has 25 heavy (non-hydrogen) atoms. The van der Waals surface area contributed by atoms with Gasteiger partial charge in [0.2, 0.25) is 5.91 Å². The lowest BCUT2D eigenvalue weighted by molar-refractivity contribution is -0.124. The number of halogens is 1. The molecule has 2 aromatic carbocycles. The van der Waals surface area contributed by atoms with Crippen molar-refractivity contribution < 1.29 is 14.7 Å². The Morgan fingerprint density at radius 1 is 1.08 bits per heavy atom. The van der Waals surface area contributed by atoms with Crippen LogP contribution in [0.5, 0.6) is 0 Å². The Labute approximate surface area is 152 Å². The number of hydrogen-bond donors (Lipinski definition) is 3. The predicted octanol–water partition coefficient (Wildman–Crippen LogP) is 3.79. The van der Waals surface area contributed by atoms with Crippen LogP contribution in [-0.2, 0) is 11.2 Å². The molecule has 0 aliphatic rings. The van der Waals surface area contributed by atoms with E-state index in [-0.39, 0.29) is 0 Å². The maximum absolute atomic E-state index is 12.7. The number of carbonyl (C=O) groups excluding carboxylic acids is 1. The van der Waals surface area contributed by atoms with Crippen molar-refractivity contribution in [3.05, 3.63) is 70.7 Å². The molecule has 0 aliphatic carbocycles. The monoisotopic (exact) mass is 360 g/mol. The van der Waals surface area contributed by atoms with Crippen molar-refractivity contribution in [2.45, 2.75) is 31.8 Å². The Hall–Kier alpha value is -2.53. The molecular weight excluding hydrogens is 340 g/mol. The maximum Gasteiger partial charge on any atom is 0.405 e. The number of rotatable bonds is 6. The van der Waals surface area contributed by atoms with Gasteiger partial charge >= 0.3 is 6.09 Å². The van der Waals surface area contributed by atoms with E-state index in [0.29, 0.717) is 17.0 Å². The molecule has 0 aliphatic heterocycles. The number of hydrogen-bond acceptors (Lipinski definition) is 2. The van der Waals surface area contributed by atoms with Crippen molar-refractivity contribution >= 4 is 23.6 Å². The molecule has 0 spiro atoms. The first kappa shape index (κ1) is 18.8. The first-order valence-corrected chi connectivity index (χ1v) is 8.25. The van der Waals surface area contributed by atoms with Crippen molar-refractivity contribution in [1.29, 1.82) is 0 Å². The van der Waals surface area contributed by atoms with Gasteiger partial charge in [0.25, 0.3) is 0 Å². The van der Waals surface area contributed by atoms with Crippen LogP contribution in [0.15, 0.2) is 54.6 Å². The highest BCUT2D eigenvalue weighted by molar-refractivity contribution is 6.30. The zero-order valence-corrected chi connectivity index (χ0v) is 14.9. The van der Waals surface area contributed by atoms with Crippen LogP contribution in [0.3, 0.4) is 0 Å². The van der Waals surface area contributed by atoms with Gasteiger partial charge in [-0.3, -0.25) is 4.79 Å². The standard InChI is InChI=1S/C19H21ClN2O3/c1-19(2,12-13-8-10-15(20)11-9-13)22-17(23)16(21-18(24)25)14-6-4-3-5-7-14/h3-11,16,21H,12H2,1-2H3,(H,22,23)(H,24,25)/t16-/m0/s1. The topological polar surface area (TPSA) is 78.4 Å². The molecule has 3 N–H and O–H groups in total. The minimum atomic E-state index is -1.25.